The van der Waals surface area contributed by atoms with Crippen molar-refractivity contribution in [3.05, 3.63) is 71.3 Å². The number of aliphatic hydroxyl groups is 1. The molecule has 3 N–H and O–H groups in total. The minimum atomic E-state index is -1.14. The SMILES string of the molecule is CC(C)Cc1cccc(C(=O)NC(CO)C(=O)NC(C=O)Cc2ccccc2)c1. The zero-order valence-electron chi connectivity index (χ0n) is 16.8. The lowest BCUT2D eigenvalue weighted by Crippen LogP contribution is -2.52. The molecule has 0 aromatic heterocycles. The quantitative estimate of drug-likeness (QED) is 0.535. The molecule has 2 aromatic carbocycles. The van der Waals surface area contributed by atoms with Gasteiger partial charge >= 0.3 is 0 Å². The van der Waals surface area contributed by atoms with Crippen LogP contribution in [0.5, 0.6) is 0 Å². The van der Waals surface area contributed by atoms with Crippen LogP contribution in [0.2, 0.25) is 0 Å². The van der Waals surface area contributed by atoms with Gasteiger partial charge in [0.25, 0.3) is 5.91 Å². The Hall–Kier alpha value is -2.99. The summed E-state index contributed by atoms with van der Waals surface area (Å²) in [5, 5.41) is 14.7. The molecule has 6 heteroatoms. The molecule has 0 radical (unpaired) electrons. The Bertz CT molecular complexity index is 821. The molecule has 0 bridgehead atoms. The largest absolute Gasteiger partial charge is 0.394 e. The lowest BCUT2D eigenvalue weighted by molar-refractivity contribution is -0.126. The maximum Gasteiger partial charge on any atom is 0.252 e. The van der Waals surface area contributed by atoms with E-state index in [1.54, 1.807) is 18.2 Å². The number of nitrogens with one attached hydrogen (secondary N) is 2. The van der Waals surface area contributed by atoms with Gasteiger partial charge in [0, 0.05) is 5.56 Å². The smallest absolute Gasteiger partial charge is 0.252 e. The van der Waals surface area contributed by atoms with E-state index in [-0.39, 0.29) is 0 Å². The Morgan fingerprint density at radius 3 is 2.28 bits per heavy atom. The van der Waals surface area contributed by atoms with Crippen molar-refractivity contribution in [1.29, 1.82) is 0 Å². The van der Waals surface area contributed by atoms with Crippen LogP contribution in [0.15, 0.2) is 54.6 Å². The molecule has 0 spiro atoms. The lowest BCUT2D eigenvalue weighted by atomic mass is 10.0. The molecule has 0 fully saturated rings. The van der Waals surface area contributed by atoms with E-state index < -0.39 is 30.5 Å². The van der Waals surface area contributed by atoms with Crippen LogP contribution in [-0.4, -0.2) is 41.9 Å². The summed E-state index contributed by atoms with van der Waals surface area (Å²) in [7, 11) is 0. The first-order valence-corrected chi connectivity index (χ1v) is 9.73. The number of aldehydes is 1. The first-order chi connectivity index (χ1) is 13.9. The van der Waals surface area contributed by atoms with Gasteiger partial charge in [-0.2, -0.15) is 0 Å². The number of rotatable bonds is 10. The normalized spacial score (nSPS) is 12.8. The third-order valence-corrected chi connectivity index (χ3v) is 4.43. The van der Waals surface area contributed by atoms with E-state index in [2.05, 4.69) is 24.5 Å². The molecule has 6 nitrogen and oxygen atoms in total. The second-order valence-electron chi connectivity index (χ2n) is 7.45. The van der Waals surface area contributed by atoms with E-state index in [4.69, 9.17) is 0 Å². The molecule has 2 unspecified atom stereocenters. The summed E-state index contributed by atoms with van der Waals surface area (Å²) in [5.41, 5.74) is 2.35. The highest BCUT2D eigenvalue weighted by molar-refractivity contribution is 5.98. The molecule has 0 aliphatic rings. The van der Waals surface area contributed by atoms with Gasteiger partial charge in [0.1, 0.15) is 12.3 Å². The van der Waals surface area contributed by atoms with E-state index in [1.807, 2.05) is 36.4 Å². The Morgan fingerprint density at radius 2 is 1.66 bits per heavy atom. The summed E-state index contributed by atoms with van der Waals surface area (Å²) in [6, 6.07) is 14.6. The Morgan fingerprint density at radius 1 is 0.966 bits per heavy atom. The second kappa shape index (κ2) is 11.1. The van der Waals surface area contributed by atoms with Crippen LogP contribution >= 0.6 is 0 Å². The summed E-state index contributed by atoms with van der Waals surface area (Å²) in [6.45, 7) is 3.62. The molecule has 0 saturated heterocycles. The van der Waals surface area contributed by atoms with Gasteiger partial charge in [0.2, 0.25) is 5.91 Å². The van der Waals surface area contributed by atoms with E-state index in [9.17, 15) is 19.5 Å². The van der Waals surface area contributed by atoms with Crippen molar-refractivity contribution >= 4 is 18.1 Å². The number of carbonyl (C=O) groups excluding carboxylic acids is 3. The summed E-state index contributed by atoms with van der Waals surface area (Å²) < 4.78 is 0. The molecule has 2 aromatic rings. The second-order valence-corrected chi connectivity index (χ2v) is 7.45. The molecule has 2 amide bonds. The Balaban J connectivity index is 1.99. The van der Waals surface area contributed by atoms with Gasteiger partial charge in [0.05, 0.1) is 12.6 Å². The van der Waals surface area contributed by atoms with Crippen molar-refractivity contribution in [2.24, 2.45) is 5.92 Å². The highest BCUT2D eigenvalue weighted by atomic mass is 16.3. The number of amides is 2. The first-order valence-electron chi connectivity index (χ1n) is 9.73. The highest BCUT2D eigenvalue weighted by Crippen LogP contribution is 2.11. The van der Waals surface area contributed by atoms with Crippen LogP contribution < -0.4 is 10.6 Å². The van der Waals surface area contributed by atoms with Crippen molar-refractivity contribution in [3.63, 3.8) is 0 Å². The third kappa shape index (κ3) is 7.16. The van der Waals surface area contributed by atoms with Crippen molar-refractivity contribution in [1.82, 2.24) is 10.6 Å². The predicted octanol–water partition coefficient (Wildman–Crippen LogP) is 1.90. The van der Waals surface area contributed by atoms with Crippen LogP contribution in [0.25, 0.3) is 0 Å². The van der Waals surface area contributed by atoms with E-state index in [1.165, 1.54) is 0 Å². The lowest BCUT2D eigenvalue weighted by Gasteiger charge is -2.19. The van der Waals surface area contributed by atoms with Crippen LogP contribution in [0.1, 0.15) is 35.3 Å². The number of benzene rings is 2. The van der Waals surface area contributed by atoms with Crippen LogP contribution in [0.3, 0.4) is 0 Å². The zero-order valence-corrected chi connectivity index (χ0v) is 16.8. The van der Waals surface area contributed by atoms with E-state index >= 15 is 0 Å². The number of hydrogen-bond donors (Lipinski definition) is 3. The van der Waals surface area contributed by atoms with Crippen molar-refractivity contribution in [2.45, 2.75) is 38.8 Å². The van der Waals surface area contributed by atoms with Crippen molar-refractivity contribution < 1.29 is 19.5 Å². The molecular formula is C23H28N2O4. The molecule has 0 heterocycles. The molecular weight excluding hydrogens is 368 g/mol. The molecule has 0 aliphatic heterocycles. The average molecular weight is 396 g/mol. The molecule has 2 rings (SSSR count). The van der Waals surface area contributed by atoms with Crippen LogP contribution in [0.4, 0.5) is 0 Å². The van der Waals surface area contributed by atoms with Gasteiger partial charge in [-0.05, 0) is 42.0 Å². The fraction of sp³-hybridized carbons (Fsp3) is 0.348. The summed E-state index contributed by atoms with van der Waals surface area (Å²) in [5.74, 6) is -0.600. The van der Waals surface area contributed by atoms with Gasteiger partial charge < -0.3 is 20.5 Å². The topological polar surface area (TPSA) is 95.5 Å². The van der Waals surface area contributed by atoms with Gasteiger partial charge in [-0.25, -0.2) is 0 Å². The van der Waals surface area contributed by atoms with E-state index in [0.29, 0.717) is 24.2 Å². The maximum atomic E-state index is 12.5. The summed E-state index contributed by atoms with van der Waals surface area (Å²) >= 11 is 0. The van der Waals surface area contributed by atoms with Crippen molar-refractivity contribution in [2.75, 3.05) is 6.61 Å². The molecule has 0 saturated carbocycles. The highest BCUT2D eigenvalue weighted by Gasteiger charge is 2.23. The molecule has 2 atom stereocenters. The number of carbonyl (C=O) groups is 3. The van der Waals surface area contributed by atoms with E-state index in [0.717, 1.165) is 17.5 Å². The number of aliphatic hydroxyl groups excluding tert-OH is 1. The molecule has 29 heavy (non-hydrogen) atoms. The average Bonchev–Trinajstić information content (AvgIpc) is 2.71. The Kier molecular flexibility index (Phi) is 8.55. The fourth-order valence-corrected chi connectivity index (χ4v) is 3.03. The van der Waals surface area contributed by atoms with Gasteiger partial charge in [-0.3, -0.25) is 9.59 Å². The Labute approximate surface area is 171 Å². The van der Waals surface area contributed by atoms with Crippen LogP contribution in [0, 0.1) is 5.92 Å². The molecule has 154 valence electrons. The minimum absolute atomic E-state index is 0.333. The predicted molar refractivity (Wildman–Crippen MR) is 111 cm³/mol. The summed E-state index contributed by atoms with van der Waals surface area (Å²) in [4.78, 5) is 36.4. The maximum absolute atomic E-state index is 12.5. The summed E-state index contributed by atoms with van der Waals surface area (Å²) in [6.07, 6.45) is 1.82. The fourth-order valence-electron chi connectivity index (χ4n) is 3.03. The standard InChI is InChI=1S/C23H28N2O4/c1-16(2)11-18-9-6-10-19(12-18)22(28)25-21(15-27)23(29)24-20(14-26)13-17-7-4-3-5-8-17/h3-10,12,14,16,20-21,27H,11,13,15H2,1-2H3,(H,24,29)(H,25,28). The monoisotopic (exact) mass is 396 g/mol. The first kappa shape index (κ1) is 22.3. The minimum Gasteiger partial charge on any atom is -0.394 e. The zero-order chi connectivity index (χ0) is 21.2. The van der Waals surface area contributed by atoms with Gasteiger partial charge in [0.15, 0.2) is 0 Å². The van der Waals surface area contributed by atoms with Gasteiger partial charge in [-0.15, -0.1) is 0 Å². The van der Waals surface area contributed by atoms with Crippen LogP contribution in [-0.2, 0) is 22.4 Å². The third-order valence-electron chi connectivity index (χ3n) is 4.43. The molecule has 0 aliphatic carbocycles. The number of hydrogen-bond acceptors (Lipinski definition) is 4. The van der Waals surface area contributed by atoms with Gasteiger partial charge in [-0.1, -0.05) is 56.3 Å². The van der Waals surface area contributed by atoms with Crippen molar-refractivity contribution in [3.8, 4) is 0 Å².